The summed E-state index contributed by atoms with van der Waals surface area (Å²) in [7, 11) is 0. The van der Waals surface area contributed by atoms with Crippen LogP contribution in [0.3, 0.4) is 0 Å². The van der Waals surface area contributed by atoms with Gasteiger partial charge in [0, 0.05) is 19.4 Å². The van der Waals surface area contributed by atoms with Crippen LogP contribution in [0, 0.1) is 5.92 Å². The van der Waals surface area contributed by atoms with Crippen LogP contribution in [0.1, 0.15) is 45.4 Å². The first-order chi connectivity index (χ1) is 8.86. The van der Waals surface area contributed by atoms with Crippen LogP contribution in [0.25, 0.3) is 0 Å². The van der Waals surface area contributed by atoms with Crippen molar-refractivity contribution in [1.82, 2.24) is 4.90 Å². The van der Waals surface area contributed by atoms with Gasteiger partial charge in [-0.25, -0.2) is 0 Å². The highest BCUT2D eigenvalue weighted by atomic mass is 16.5. The minimum Gasteiger partial charge on any atom is -0.411 e. The first kappa shape index (κ1) is 15.4. The van der Waals surface area contributed by atoms with E-state index < -0.39 is 0 Å². The molecule has 0 aromatic heterocycles. The van der Waals surface area contributed by atoms with Gasteiger partial charge in [-0.3, -0.25) is 0 Å². The van der Waals surface area contributed by atoms with Crippen molar-refractivity contribution in [2.24, 2.45) is 11.1 Å². The fraction of sp³-hybridized carbons (Fsp3) is 0.929. The highest BCUT2D eigenvalue weighted by Gasteiger charge is 2.17. The second-order valence-electron chi connectivity index (χ2n) is 5.12. The lowest BCUT2D eigenvalue weighted by molar-refractivity contribution is 0.122. The summed E-state index contributed by atoms with van der Waals surface area (Å²) < 4.78 is 5.55. The molecule has 0 saturated carbocycles. The zero-order chi connectivity index (χ0) is 13.1. The molecule has 0 atom stereocenters. The van der Waals surface area contributed by atoms with Crippen LogP contribution < -0.4 is 0 Å². The summed E-state index contributed by atoms with van der Waals surface area (Å²) in [5, 5.41) is 11.6. The summed E-state index contributed by atoms with van der Waals surface area (Å²) in [4.78, 5) is 2.51. The van der Waals surface area contributed by atoms with E-state index in [9.17, 15) is 0 Å². The van der Waals surface area contributed by atoms with E-state index in [0.29, 0.717) is 5.92 Å². The van der Waals surface area contributed by atoms with Crippen molar-refractivity contribution in [1.29, 1.82) is 0 Å². The molecule has 0 aromatic carbocycles. The van der Waals surface area contributed by atoms with Gasteiger partial charge in [-0.2, -0.15) is 0 Å². The minimum absolute atomic E-state index is 0.476. The van der Waals surface area contributed by atoms with E-state index >= 15 is 0 Å². The smallest absolute Gasteiger partial charge is 0.0467 e. The Labute approximate surface area is 111 Å². The molecule has 0 spiro atoms. The fourth-order valence-corrected chi connectivity index (χ4v) is 2.31. The number of likely N-dealkylation sites (tertiary alicyclic amines) is 1. The largest absolute Gasteiger partial charge is 0.411 e. The summed E-state index contributed by atoms with van der Waals surface area (Å²) in [6, 6.07) is 0. The number of hydrogen-bond acceptors (Lipinski definition) is 4. The summed E-state index contributed by atoms with van der Waals surface area (Å²) >= 11 is 0. The van der Waals surface area contributed by atoms with Crippen molar-refractivity contribution in [3.05, 3.63) is 0 Å². The van der Waals surface area contributed by atoms with E-state index in [1.165, 1.54) is 32.2 Å². The Bertz CT molecular complexity index is 214. The van der Waals surface area contributed by atoms with Crippen LogP contribution in [0.5, 0.6) is 0 Å². The number of ether oxygens (including phenoxy) is 1. The number of hydrogen-bond donors (Lipinski definition) is 1. The first-order valence-corrected chi connectivity index (χ1v) is 7.34. The van der Waals surface area contributed by atoms with Crippen LogP contribution in [0.2, 0.25) is 0 Å². The predicted molar refractivity (Wildman–Crippen MR) is 74.4 cm³/mol. The van der Waals surface area contributed by atoms with E-state index in [4.69, 9.17) is 9.94 Å². The van der Waals surface area contributed by atoms with Gasteiger partial charge in [-0.1, -0.05) is 13.3 Å². The predicted octanol–water partition coefficient (Wildman–Crippen LogP) is 2.76. The standard InChI is InChI=1S/C14H28N2O2/c1-2-3-11-18-12-5-4-8-16-9-6-14(7-10-16)13-15-17/h13-14,17H,2-12H2,1H3. The van der Waals surface area contributed by atoms with Crippen molar-refractivity contribution in [2.75, 3.05) is 32.8 Å². The molecule has 1 saturated heterocycles. The van der Waals surface area contributed by atoms with Gasteiger partial charge < -0.3 is 14.8 Å². The maximum absolute atomic E-state index is 8.49. The lowest BCUT2D eigenvalue weighted by Gasteiger charge is -2.29. The van der Waals surface area contributed by atoms with Crippen LogP contribution >= 0.6 is 0 Å². The molecule has 0 amide bonds. The first-order valence-electron chi connectivity index (χ1n) is 7.34. The second kappa shape index (κ2) is 10.3. The van der Waals surface area contributed by atoms with Gasteiger partial charge in [0.15, 0.2) is 0 Å². The molecule has 0 aromatic rings. The third-order valence-corrected chi connectivity index (χ3v) is 3.56. The van der Waals surface area contributed by atoms with Crippen molar-refractivity contribution in [3.8, 4) is 0 Å². The highest BCUT2D eigenvalue weighted by molar-refractivity contribution is 5.59. The number of piperidine rings is 1. The van der Waals surface area contributed by atoms with Gasteiger partial charge in [0.1, 0.15) is 0 Å². The Hall–Kier alpha value is -0.610. The van der Waals surface area contributed by atoms with E-state index in [0.717, 1.165) is 39.1 Å². The van der Waals surface area contributed by atoms with Crippen LogP contribution in [-0.4, -0.2) is 49.2 Å². The van der Waals surface area contributed by atoms with E-state index in [1.54, 1.807) is 6.21 Å². The van der Waals surface area contributed by atoms with Gasteiger partial charge in [-0.15, -0.1) is 5.16 Å². The summed E-state index contributed by atoms with van der Waals surface area (Å²) in [5.74, 6) is 0.476. The number of unbranched alkanes of at least 4 members (excludes halogenated alkanes) is 2. The SMILES string of the molecule is CCCCOCCCCN1CCC(C=NO)CC1. The van der Waals surface area contributed by atoms with E-state index in [2.05, 4.69) is 17.0 Å². The maximum Gasteiger partial charge on any atom is 0.0467 e. The van der Waals surface area contributed by atoms with E-state index in [1.807, 2.05) is 0 Å². The molecule has 1 aliphatic rings. The lowest BCUT2D eigenvalue weighted by Crippen LogP contribution is -2.34. The molecule has 4 nitrogen and oxygen atoms in total. The molecule has 18 heavy (non-hydrogen) atoms. The number of oxime groups is 1. The molecule has 1 N–H and O–H groups in total. The Balaban J connectivity index is 1.91. The summed E-state index contributed by atoms with van der Waals surface area (Å²) in [6.45, 7) is 7.46. The average Bonchev–Trinajstić information content (AvgIpc) is 2.40. The molecule has 1 fully saturated rings. The zero-order valence-electron chi connectivity index (χ0n) is 11.7. The van der Waals surface area contributed by atoms with Crippen molar-refractivity contribution >= 4 is 6.21 Å². The number of nitrogens with zero attached hydrogens (tertiary/aromatic N) is 2. The van der Waals surface area contributed by atoms with Gasteiger partial charge in [0.2, 0.25) is 0 Å². The van der Waals surface area contributed by atoms with Gasteiger partial charge in [-0.05, 0) is 57.7 Å². The molecule has 1 aliphatic heterocycles. The molecular formula is C14H28N2O2. The third kappa shape index (κ3) is 6.97. The zero-order valence-corrected chi connectivity index (χ0v) is 11.7. The molecule has 0 aliphatic carbocycles. The van der Waals surface area contributed by atoms with Crippen LogP contribution in [0.15, 0.2) is 5.16 Å². The lowest BCUT2D eigenvalue weighted by atomic mass is 9.98. The molecule has 1 heterocycles. The average molecular weight is 256 g/mol. The van der Waals surface area contributed by atoms with Crippen molar-refractivity contribution in [3.63, 3.8) is 0 Å². The second-order valence-corrected chi connectivity index (χ2v) is 5.12. The van der Waals surface area contributed by atoms with Gasteiger partial charge in [0.05, 0.1) is 0 Å². The maximum atomic E-state index is 8.49. The molecular weight excluding hydrogens is 228 g/mol. The Morgan fingerprint density at radius 2 is 1.94 bits per heavy atom. The van der Waals surface area contributed by atoms with Gasteiger partial charge in [0.25, 0.3) is 0 Å². The Morgan fingerprint density at radius 3 is 2.61 bits per heavy atom. The Morgan fingerprint density at radius 1 is 1.22 bits per heavy atom. The van der Waals surface area contributed by atoms with Gasteiger partial charge >= 0.3 is 0 Å². The number of rotatable bonds is 9. The van der Waals surface area contributed by atoms with E-state index in [-0.39, 0.29) is 0 Å². The molecule has 4 heteroatoms. The van der Waals surface area contributed by atoms with Crippen molar-refractivity contribution in [2.45, 2.75) is 45.4 Å². The molecule has 0 unspecified atom stereocenters. The monoisotopic (exact) mass is 256 g/mol. The fourth-order valence-electron chi connectivity index (χ4n) is 2.31. The molecule has 1 rings (SSSR count). The normalized spacial score (nSPS) is 18.7. The van der Waals surface area contributed by atoms with Crippen LogP contribution in [-0.2, 0) is 4.74 Å². The van der Waals surface area contributed by atoms with Crippen LogP contribution in [0.4, 0.5) is 0 Å². The molecule has 0 radical (unpaired) electrons. The third-order valence-electron chi connectivity index (χ3n) is 3.56. The minimum atomic E-state index is 0.476. The highest BCUT2D eigenvalue weighted by Crippen LogP contribution is 2.15. The quantitative estimate of drug-likeness (QED) is 0.298. The molecule has 106 valence electrons. The topological polar surface area (TPSA) is 45.1 Å². The summed E-state index contributed by atoms with van der Waals surface area (Å²) in [5.41, 5.74) is 0. The molecule has 0 bridgehead atoms. The Kier molecular flexibility index (Phi) is 8.86. The van der Waals surface area contributed by atoms with Crippen molar-refractivity contribution < 1.29 is 9.94 Å². The summed E-state index contributed by atoms with van der Waals surface area (Å²) in [6.07, 6.45) is 8.71.